The van der Waals surface area contributed by atoms with E-state index >= 15 is 0 Å². The van der Waals surface area contributed by atoms with Gasteiger partial charge in [-0.05, 0) is 37.1 Å². The van der Waals surface area contributed by atoms with Crippen LogP contribution in [0.4, 0.5) is 8.78 Å². The second kappa shape index (κ2) is 8.19. The Hall–Kier alpha value is -1.04. The monoisotopic (exact) mass is 271 g/mol. The predicted octanol–water partition coefficient (Wildman–Crippen LogP) is 1.60. The number of nitrogens with two attached hydrogens (primary N) is 1. The summed E-state index contributed by atoms with van der Waals surface area (Å²) in [5.41, 5.74) is 6.32. The van der Waals surface area contributed by atoms with E-state index in [0.29, 0.717) is 18.5 Å². The first-order chi connectivity index (χ1) is 9.05. The SMILES string of the molecule is CC[C@@H](CO)NCC[C@@H](N)[CH]c1cc(F)cc(F)c1. The van der Waals surface area contributed by atoms with Crippen LogP contribution in [0.5, 0.6) is 0 Å². The molecule has 3 nitrogen and oxygen atoms in total. The summed E-state index contributed by atoms with van der Waals surface area (Å²) in [4.78, 5) is 0. The molecule has 0 aliphatic carbocycles. The molecule has 4 N–H and O–H groups in total. The molecule has 0 aliphatic heterocycles. The molecule has 19 heavy (non-hydrogen) atoms. The summed E-state index contributed by atoms with van der Waals surface area (Å²) in [7, 11) is 0. The van der Waals surface area contributed by atoms with Crippen molar-refractivity contribution in [2.24, 2.45) is 5.73 Å². The molecule has 0 unspecified atom stereocenters. The van der Waals surface area contributed by atoms with Crippen molar-refractivity contribution in [1.82, 2.24) is 5.32 Å². The molecule has 1 radical (unpaired) electrons. The van der Waals surface area contributed by atoms with Crippen LogP contribution in [0, 0.1) is 18.1 Å². The molecule has 0 saturated carbocycles. The number of benzene rings is 1. The molecule has 0 saturated heterocycles. The molecule has 1 aromatic carbocycles. The lowest BCUT2D eigenvalue weighted by molar-refractivity contribution is 0.238. The fourth-order valence-electron chi connectivity index (χ4n) is 1.79. The molecule has 0 aromatic heterocycles. The average molecular weight is 271 g/mol. The van der Waals surface area contributed by atoms with E-state index in [1.54, 1.807) is 6.42 Å². The highest BCUT2D eigenvalue weighted by Gasteiger charge is 2.09. The molecule has 5 heteroatoms. The zero-order chi connectivity index (χ0) is 14.3. The van der Waals surface area contributed by atoms with Gasteiger partial charge in [-0.3, -0.25) is 0 Å². The van der Waals surface area contributed by atoms with Gasteiger partial charge in [0, 0.05) is 24.6 Å². The highest BCUT2D eigenvalue weighted by molar-refractivity contribution is 5.26. The van der Waals surface area contributed by atoms with Gasteiger partial charge in [0.15, 0.2) is 0 Å². The second-order valence-corrected chi connectivity index (χ2v) is 4.56. The Kier molecular flexibility index (Phi) is 6.91. The van der Waals surface area contributed by atoms with Crippen molar-refractivity contribution in [3.8, 4) is 0 Å². The summed E-state index contributed by atoms with van der Waals surface area (Å²) < 4.78 is 26.0. The maximum atomic E-state index is 13.0. The lowest BCUT2D eigenvalue weighted by atomic mass is 10.0. The Balaban J connectivity index is 2.36. The van der Waals surface area contributed by atoms with Crippen molar-refractivity contribution < 1.29 is 13.9 Å². The van der Waals surface area contributed by atoms with Gasteiger partial charge in [0.25, 0.3) is 0 Å². The number of nitrogens with one attached hydrogen (secondary N) is 1. The van der Waals surface area contributed by atoms with Gasteiger partial charge in [0.2, 0.25) is 0 Å². The van der Waals surface area contributed by atoms with E-state index in [0.717, 1.165) is 12.5 Å². The van der Waals surface area contributed by atoms with Gasteiger partial charge in [-0.1, -0.05) is 6.92 Å². The minimum absolute atomic E-state index is 0.0683. The van der Waals surface area contributed by atoms with E-state index in [2.05, 4.69) is 5.32 Å². The Morgan fingerprint density at radius 3 is 2.47 bits per heavy atom. The third-order valence-corrected chi connectivity index (χ3v) is 2.92. The van der Waals surface area contributed by atoms with Gasteiger partial charge in [0.1, 0.15) is 11.6 Å². The molecular weight excluding hydrogens is 250 g/mol. The van der Waals surface area contributed by atoms with Gasteiger partial charge < -0.3 is 16.2 Å². The number of aliphatic hydroxyl groups is 1. The number of hydrogen-bond acceptors (Lipinski definition) is 3. The van der Waals surface area contributed by atoms with E-state index < -0.39 is 11.6 Å². The van der Waals surface area contributed by atoms with Crippen LogP contribution in [0.15, 0.2) is 18.2 Å². The van der Waals surface area contributed by atoms with E-state index in [4.69, 9.17) is 10.8 Å². The van der Waals surface area contributed by atoms with Crippen molar-refractivity contribution in [3.63, 3.8) is 0 Å². The summed E-state index contributed by atoms with van der Waals surface area (Å²) in [5.74, 6) is -1.22. The third-order valence-electron chi connectivity index (χ3n) is 2.92. The van der Waals surface area contributed by atoms with Crippen molar-refractivity contribution in [3.05, 3.63) is 41.8 Å². The number of halogens is 2. The van der Waals surface area contributed by atoms with Crippen LogP contribution in [-0.4, -0.2) is 30.3 Å². The molecule has 0 heterocycles. The molecule has 107 valence electrons. The smallest absolute Gasteiger partial charge is 0.126 e. The Bertz CT molecular complexity index is 363. The number of hydrogen-bond donors (Lipinski definition) is 3. The fourth-order valence-corrected chi connectivity index (χ4v) is 1.79. The molecular formula is C14H21F2N2O. The zero-order valence-electron chi connectivity index (χ0n) is 11.1. The number of aliphatic hydroxyl groups excluding tert-OH is 1. The fraction of sp³-hybridized carbons (Fsp3) is 0.500. The highest BCUT2D eigenvalue weighted by Crippen LogP contribution is 2.12. The van der Waals surface area contributed by atoms with Gasteiger partial charge in [-0.25, -0.2) is 8.78 Å². The Morgan fingerprint density at radius 1 is 1.32 bits per heavy atom. The molecule has 1 aromatic rings. The Labute approximate surface area is 112 Å². The maximum Gasteiger partial charge on any atom is 0.126 e. The Morgan fingerprint density at radius 2 is 1.95 bits per heavy atom. The van der Waals surface area contributed by atoms with Crippen LogP contribution in [0.25, 0.3) is 0 Å². The average Bonchev–Trinajstić information content (AvgIpc) is 2.33. The highest BCUT2D eigenvalue weighted by atomic mass is 19.1. The van der Waals surface area contributed by atoms with Gasteiger partial charge >= 0.3 is 0 Å². The first kappa shape index (κ1) is 16.0. The van der Waals surface area contributed by atoms with E-state index in [9.17, 15) is 8.78 Å². The third kappa shape index (κ3) is 6.09. The van der Waals surface area contributed by atoms with Gasteiger partial charge in [-0.15, -0.1) is 0 Å². The van der Waals surface area contributed by atoms with Crippen LogP contribution < -0.4 is 11.1 Å². The molecule has 2 atom stereocenters. The minimum atomic E-state index is -0.608. The molecule has 0 amide bonds. The summed E-state index contributed by atoms with van der Waals surface area (Å²) >= 11 is 0. The maximum absolute atomic E-state index is 13.0. The standard InChI is InChI=1S/C14H21F2N2O/c1-2-14(9-19)18-4-3-13(17)7-10-5-11(15)8-12(16)6-10/h5-8,13-14,18-19H,2-4,9,17H2,1H3/t13-,14+/m1/s1. The van der Waals surface area contributed by atoms with Crippen molar-refractivity contribution in [2.75, 3.05) is 13.2 Å². The van der Waals surface area contributed by atoms with Gasteiger partial charge in [-0.2, -0.15) is 0 Å². The predicted molar refractivity (Wildman–Crippen MR) is 71.5 cm³/mol. The lowest BCUT2D eigenvalue weighted by Crippen LogP contribution is -2.35. The van der Waals surface area contributed by atoms with Gasteiger partial charge in [0.05, 0.1) is 6.61 Å². The van der Waals surface area contributed by atoms with Crippen LogP contribution >= 0.6 is 0 Å². The largest absolute Gasteiger partial charge is 0.395 e. The summed E-state index contributed by atoms with van der Waals surface area (Å²) in [6, 6.07) is 3.11. The molecule has 0 spiro atoms. The van der Waals surface area contributed by atoms with Crippen molar-refractivity contribution in [2.45, 2.75) is 31.8 Å². The van der Waals surface area contributed by atoms with Crippen LogP contribution in [-0.2, 0) is 0 Å². The topological polar surface area (TPSA) is 58.3 Å². The van der Waals surface area contributed by atoms with E-state index in [-0.39, 0.29) is 18.7 Å². The molecule has 1 rings (SSSR count). The minimum Gasteiger partial charge on any atom is -0.395 e. The molecule has 0 bridgehead atoms. The zero-order valence-corrected chi connectivity index (χ0v) is 11.1. The van der Waals surface area contributed by atoms with Crippen LogP contribution in [0.3, 0.4) is 0 Å². The first-order valence-electron chi connectivity index (χ1n) is 6.46. The summed E-state index contributed by atoms with van der Waals surface area (Å²) in [6.07, 6.45) is 3.10. The second-order valence-electron chi connectivity index (χ2n) is 4.56. The normalized spacial score (nSPS) is 14.4. The van der Waals surface area contributed by atoms with Crippen LogP contribution in [0.1, 0.15) is 25.3 Å². The van der Waals surface area contributed by atoms with Crippen molar-refractivity contribution >= 4 is 0 Å². The van der Waals surface area contributed by atoms with E-state index in [1.165, 1.54) is 12.1 Å². The van der Waals surface area contributed by atoms with Crippen LogP contribution in [0.2, 0.25) is 0 Å². The molecule has 0 aliphatic rings. The quantitative estimate of drug-likeness (QED) is 0.673. The first-order valence-corrected chi connectivity index (χ1v) is 6.46. The number of rotatable bonds is 8. The van der Waals surface area contributed by atoms with Crippen molar-refractivity contribution in [1.29, 1.82) is 0 Å². The lowest BCUT2D eigenvalue weighted by Gasteiger charge is -2.16. The van der Waals surface area contributed by atoms with E-state index in [1.807, 2.05) is 6.92 Å². The summed E-state index contributed by atoms with van der Waals surface area (Å²) in [5, 5.41) is 12.2. The summed E-state index contributed by atoms with van der Waals surface area (Å²) in [6.45, 7) is 2.72. The molecule has 0 fully saturated rings.